The number of ether oxygens (including phenoxy) is 1. The molecule has 1 heterocycles. The maximum Gasteiger partial charge on any atom is 0.128 e. The van der Waals surface area contributed by atoms with Crippen LogP contribution in [0.2, 0.25) is 0 Å². The van der Waals surface area contributed by atoms with Crippen LogP contribution in [0.1, 0.15) is 30.7 Å². The molecule has 0 atom stereocenters. The van der Waals surface area contributed by atoms with Gasteiger partial charge in [-0.1, -0.05) is 0 Å². The first-order valence-corrected chi connectivity index (χ1v) is 6.25. The zero-order valence-corrected chi connectivity index (χ0v) is 12.0. The number of hydrogen-bond acceptors (Lipinski definition) is 3. The third-order valence-corrected chi connectivity index (χ3v) is 3.49. The highest BCUT2D eigenvalue weighted by Crippen LogP contribution is 2.24. The predicted molar refractivity (Wildman–Crippen MR) is 71.9 cm³/mol. The van der Waals surface area contributed by atoms with Crippen molar-refractivity contribution in [3.8, 4) is 5.75 Å². The average molecular weight is 257 g/mol. The molecule has 0 unspecified atom stereocenters. The van der Waals surface area contributed by atoms with Crippen LogP contribution >= 0.6 is 11.6 Å². The number of hydrogen-bond donors (Lipinski definition) is 1. The van der Waals surface area contributed by atoms with Crippen LogP contribution in [0, 0.1) is 13.8 Å². The van der Waals surface area contributed by atoms with E-state index in [4.69, 9.17) is 16.3 Å². The Labute approximate surface area is 109 Å². The lowest BCUT2D eigenvalue weighted by atomic mass is 10.1. The minimum Gasteiger partial charge on any atom is -0.496 e. The van der Waals surface area contributed by atoms with Gasteiger partial charge in [0.05, 0.1) is 12.8 Å². The molecule has 0 aliphatic heterocycles. The number of aryl methyl sites for hydroxylation is 1. The second kappa shape index (κ2) is 5.69. The van der Waals surface area contributed by atoms with E-state index in [1.54, 1.807) is 7.11 Å². The van der Waals surface area contributed by atoms with Crippen molar-refractivity contribution in [3.05, 3.63) is 23.0 Å². The van der Waals surface area contributed by atoms with Gasteiger partial charge in [0.15, 0.2) is 0 Å². The molecule has 3 nitrogen and oxygen atoms in total. The summed E-state index contributed by atoms with van der Waals surface area (Å²) in [6.07, 6.45) is 1.84. The molecule has 0 aliphatic carbocycles. The topological polar surface area (TPSA) is 34.1 Å². The molecule has 0 spiro atoms. The number of methoxy groups -OCH3 is 1. The molecule has 0 radical (unpaired) electrons. The first-order chi connectivity index (χ1) is 7.91. The number of nitrogens with zero attached hydrogens (tertiary/aromatic N) is 1. The monoisotopic (exact) mass is 256 g/mol. The quantitative estimate of drug-likeness (QED) is 0.823. The molecule has 0 fully saturated rings. The summed E-state index contributed by atoms with van der Waals surface area (Å²) in [6.45, 7) is 8.87. The fourth-order valence-electron chi connectivity index (χ4n) is 1.62. The first-order valence-electron chi connectivity index (χ1n) is 5.71. The summed E-state index contributed by atoms with van der Waals surface area (Å²) in [4.78, 5) is 4.44. The van der Waals surface area contributed by atoms with Gasteiger partial charge in [-0.25, -0.2) is 0 Å². The van der Waals surface area contributed by atoms with E-state index in [9.17, 15) is 0 Å². The van der Waals surface area contributed by atoms with Crippen LogP contribution in [0.15, 0.2) is 6.20 Å². The van der Waals surface area contributed by atoms with Crippen molar-refractivity contribution in [2.75, 3.05) is 13.0 Å². The van der Waals surface area contributed by atoms with E-state index in [1.165, 1.54) is 0 Å². The second-order valence-corrected chi connectivity index (χ2v) is 5.18. The Hall–Kier alpha value is -0.800. The summed E-state index contributed by atoms with van der Waals surface area (Å²) in [5.41, 5.74) is 3.06. The van der Waals surface area contributed by atoms with Crippen LogP contribution in [0.5, 0.6) is 5.75 Å². The van der Waals surface area contributed by atoms with Crippen LogP contribution in [-0.4, -0.2) is 23.5 Å². The summed E-state index contributed by atoms with van der Waals surface area (Å²) in [7, 11) is 1.69. The van der Waals surface area contributed by atoms with E-state index in [-0.39, 0.29) is 5.54 Å². The highest BCUT2D eigenvalue weighted by Gasteiger charge is 2.17. The van der Waals surface area contributed by atoms with Gasteiger partial charge in [0.1, 0.15) is 5.75 Å². The summed E-state index contributed by atoms with van der Waals surface area (Å²) in [6, 6.07) is 0. The lowest BCUT2D eigenvalue weighted by molar-refractivity contribution is 0.401. The van der Waals surface area contributed by atoms with E-state index in [0.29, 0.717) is 12.4 Å². The Balaban J connectivity index is 2.86. The summed E-state index contributed by atoms with van der Waals surface area (Å²) >= 11 is 5.88. The lowest BCUT2D eigenvalue weighted by Gasteiger charge is -2.24. The molecular formula is C13H21ClN2O. The Kier molecular flexibility index (Phi) is 4.78. The van der Waals surface area contributed by atoms with E-state index in [0.717, 1.165) is 22.6 Å². The summed E-state index contributed by atoms with van der Waals surface area (Å²) in [5.74, 6) is 1.48. The Bertz CT molecular complexity index is 391. The van der Waals surface area contributed by atoms with E-state index >= 15 is 0 Å². The largest absolute Gasteiger partial charge is 0.496 e. The van der Waals surface area contributed by atoms with Gasteiger partial charge in [0.2, 0.25) is 0 Å². The molecule has 1 rings (SSSR count). The maximum atomic E-state index is 5.88. The van der Waals surface area contributed by atoms with Crippen LogP contribution in [0.25, 0.3) is 0 Å². The van der Waals surface area contributed by atoms with E-state index < -0.39 is 0 Å². The van der Waals surface area contributed by atoms with Crippen LogP contribution in [0.3, 0.4) is 0 Å². The zero-order chi connectivity index (χ0) is 13.1. The molecule has 0 amide bonds. The van der Waals surface area contributed by atoms with Crippen molar-refractivity contribution in [2.45, 2.75) is 39.8 Å². The van der Waals surface area contributed by atoms with Gasteiger partial charge in [-0.15, -0.1) is 11.6 Å². The number of alkyl halides is 1. The van der Waals surface area contributed by atoms with Gasteiger partial charge in [0, 0.05) is 35.3 Å². The molecule has 0 saturated heterocycles. The fourth-order valence-corrected chi connectivity index (χ4v) is 1.71. The molecule has 1 aromatic heterocycles. The predicted octanol–water partition coefficient (Wildman–Crippen LogP) is 2.81. The number of nitrogens with one attached hydrogen (secondary N) is 1. The minimum absolute atomic E-state index is 0.0895. The van der Waals surface area contributed by atoms with Crippen molar-refractivity contribution < 1.29 is 4.74 Å². The molecule has 0 aromatic carbocycles. The highest BCUT2D eigenvalue weighted by atomic mass is 35.5. The standard InChI is InChI=1S/C13H21ClN2O/c1-9-6-15-11(10(2)12(9)17-5)7-16-13(3,4)8-14/h6,16H,7-8H2,1-5H3. The van der Waals surface area contributed by atoms with Gasteiger partial charge < -0.3 is 10.1 Å². The third kappa shape index (κ3) is 3.58. The highest BCUT2D eigenvalue weighted by molar-refractivity contribution is 6.18. The van der Waals surface area contributed by atoms with Crippen LogP contribution < -0.4 is 10.1 Å². The summed E-state index contributed by atoms with van der Waals surface area (Å²) in [5, 5.41) is 3.39. The number of halogens is 1. The smallest absolute Gasteiger partial charge is 0.128 e. The zero-order valence-electron chi connectivity index (χ0n) is 11.2. The molecule has 0 aliphatic rings. The van der Waals surface area contributed by atoms with Crippen LogP contribution in [0.4, 0.5) is 0 Å². The Morgan fingerprint density at radius 3 is 2.59 bits per heavy atom. The first kappa shape index (κ1) is 14.3. The maximum absolute atomic E-state index is 5.88. The SMILES string of the molecule is COc1c(C)cnc(CNC(C)(C)CCl)c1C. The second-order valence-electron chi connectivity index (χ2n) is 4.92. The molecule has 1 aromatic rings. The number of rotatable bonds is 5. The van der Waals surface area contributed by atoms with E-state index in [2.05, 4.69) is 24.1 Å². The van der Waals surface area contributed by atoms with Gasteiger partial charge >= 0.3 is 0 Å². The normalized spacial score (nSPS) is 11.6. The number of pyridine rings is 1. The van der Waals surface area contributed by atoms with Crippen molar-refractivity contribution in [1.82, 2.24) is 10.3 Å². The van der Waals surface area contributed by atoms with Crippen molar-refractivity contribution >= 4 is 11.6 Å². The molecular weight excluding hydrogens is 236 g/mol. The minimum atomic E-state index is -0.0895. The van der Waals surface area contributed by atoms with Gasteiger partial charge in [-0.3, -0.25) is 4.98 Å². The third-order valence-electron chi connectivity index (χ3n) is 2.82. The molecule has 17 heavy (non-hydrogen) atoms. The van der Waals surface area contributed by atoms with Crippen molar-refractivity contribution in [2.24, 2.45) is 0 Å². The number of aromatic nitrogens is 1. The average Bonchev–Trinajstić information content (AvgIpc) is 2.29. The molecule has 0 saturated carbocycles. The van der Waals surface area contributed by atoms with Gasteiger partial charge in [-0.2, -0.15) is 0 Å². The molecule has 4 heteroatoms. The van der Waals surface area contributed by atoms with Gasteiger partial charge in [-0.05, 0) is 27.7 Å². The Morgan fingerprint density at radius 2 is 2.06 bits per heavy atom. The van der Waals surface area contributed by atoms with Crippen LogP contribution in [-0.2, 0) is 6.54 Å². The van der Waals surface area contributed by atoms with Gasteiger partial charge in [0.25, 0.3) is 0 Å². The molecule has 96 valence electrons. The fraction of sp³-hybridized carbons (Fsp3) is 0.615. The Morgan fingerprint density at radius 1 is 1.41 bits per heavy atom. The van der Waals surface area contributed by atoms with E-state index in [1.807, 2.05) is 20.0 Å². The van der Waals surface area contributed by atoms with Crippen molar-refractivity contribution in [1.29, 1.82) is 0 Å². The molecule has 0 bridgehead atoms. The van der Waals surface area contributed by atoms with Crippen molar-refractivity contribution in [3.63, 3.8) is 0 Å². The molecule has 1 N–H and O–H groups in total. The lowest BCUT2D eigenvalue weighted by Crippen LogP contribution is -2.40. The summed E-state index contributed by atoms with van der Waals surface area (Å²) < 4.78 is 5.38.